The van der Waals surface area contributed by atoms with Gasteiger partial charge in [-0.3, -0.25) is 4.57 Å². The van der Waals surface area contributed by atoms with Crippen LogP contribution >= 0.6 is 0 Å². The van der Waals surface area contributed by atoms with E-state index >= 15 is 0 Å². The molecule has 8 rings (SSSR count). The molecule has 0 fully saturated rings. The van der Waals surface area contributed by atoms with Gasteiger partial charge in [0.2, 0.25) is 0 Å². The van der Waals surface area contributed by atoms with Crippen LogP contribution < -0.4 is 14.5 Å². The van der Waals surface area contributed by atoms with Gasteiger partial charge in [0.1, 0.15) is 24.0 Å². The molecule has 0 saturated heterocycles. The van der Waals surface area contributed by atoms with Gasteiger partial charge in [-0.25, -0.2) is 4.98 Å². The van der Waals surface area contributed by atoms with Gasteiger partial charge in [-0.05, 0) is 88.7 Å². The second-order valence-electron chi connectivity index (χ2n) is 15.1. The molecule has 0 radical (unpaired) electrons. The maximum atomic E-state index is 6.63. The van der Waals surface area contributed by atoms with Gasteiger partial charge in [-0.1, -0.05) is 90.1 Å². The van der Waals surface area contributed by atoms with E-state index in [1.54, 1.807) is 0 Å². The molecule has 0 aliphatic carbocycles. The summed E-state index contributed by atoms with van der Waals surface area (Å²) in [6, 6.07) is 45.2. The zero-order chi connectivity index (χ0) is 33.9. The van der Waals surface area contributed by atoms with Gasteiger partial charge in [-0.15, -0.1) is 0 Å². The first-order chi connectivity index (χ1) is 23.5. The first-order valence-corrected chi connectivity index (χ1v) is 17.1. The summed E-state index contributed by atoms with van der Waals surface area (Å²) < 4.78 is 8.89. The Kier molecular flexibility index (Phi) is 7.25. The molecule has 0 saturated carbocycles. The molecule has 5 heteroatoms. The van der Waals surface area contributed by atoms with Crippen LogP contribution in [0, 0.1) is 0 Å². The zero-order valence-electron chi connectivity index (χ0n) is 29.1. The SMILES string of the molecule is CC(C)(C)c1cccc(N2CN(c3cccc(Oc4ccc5c6ccccc6n(-c6cc(C(C)(C)C)ccn6)c5c4)c3)c3ccccc32)c1. The van der Waals surface area contributed by atoms with E-state index in [2.05, 4.69) is 177 Å². The molecule has 1 aliphatic rings. The Morgan fingerprint density at radius 3 is 1.88 bits per heavy atom. The molecule has 0 spiro atoms. The summed E-state index contributed by atoms with van der Waals surface area (Å²) in [6.45, 7) is 14.2. The largest absolute Gasteiger partial charge is 0.457 e. The molecule has 5 nitrogen and oxygen atoms in total. The summed E-state index contributed by atoms with van der Waals surface area (Å²) in [5.74, 6) is 2.48. The van der Waals surface area contributed by atoms with Gasteiger partial charge >= 0.3 is 0 Å². The van der Waals surface area contributed by atoms with Crippen molar-refractivity contribution in [2.24, 2.45) is 0 Å². The van der Waals surface area contributed by atoms with Crippen molar-refractivity contribution < 1.29 is 4.74 Å². The fourth-order valence-electron chi connectivity index (χ4n) is 6.92. The average molecular weight is 643 g/mol. The van der Waals surface area contributed by atoms with Gasteiger partial charge in [0.25, 0.3) is 0 Å². The van der Waals surface area contributed by atoms with Crippen molar-refractivity contribution in [1.29, 1.82) is 0 Å². The predicted octanol–water partition coefficient (Wildman–Crippen LogP) is 11.8. The van der Waals surface area contributed by atoms with Crippen molar-refractivity contribution in [3.63, 3.8) is 0 Å². The first-order valence-electron chi connectivity index (χ1n) is 17.1. The molecule has 1 aliphatic heterocycles. The highest BCUT2D eigenvalue weighted by Crippen LogP contribution is 2.45. The lowest BCUT2D eigenvalue weighted by Gasteiger charge is -2.25. The number of rotatable bonds is 5. The second kappa shape index (κ2) is 11.6. The number of pyridine rings is 1. The minimum atomic E-state index is 0.0130. The van der Waals surface area contributed by atoms with Crippen LogP contribution in [0.5, 0.6) is 11.5 Å². The molecule has 49 heavy (non-hydrogen) atoms. The van der Waals surface area contributed by atoms with E-state index in [9.17, 15) is 0 Å². The van der Waals surface area contributed by atoms with Crippen molar-refractivity contribution in [1.82, 2.24) is 9.55 Å². The summed E-state index contributed by atoms with van der Waals surface area (Å²) in [6.07, 6.45) is 1.92. The molecule has 0 atom stereocenters. The highest BCUT2D eigenvalue weighted by molar-refractivity contribution is 6.09. The maximum absolute atomic E-state index is 6.63. The number of ether oxygens (including phenoxy) is 1. The third-order valence-electron chi connectivity index (χ3n) is 9.62. The Balaban J connectivity index is 1.15. The summed E-state index contributed by atoms with van der Waals surface area (Å²) in [4.78, 5) is 9.60. The quantitative estimate of drug-likeness (QED) is 0.187. The van der Waals surface area contributed by atoms with Crippen LogP contribution in [0.2, 0.25) is 0 Å². The second-order valence-corrected chi connectivity index (χ2v) is 15.1. The maximum Gasteiger partial charge on any atom is 0.137 e. The first kappa shape index (κ1) is 30.8. The van der Waals surface area contributed by atoms with Crippen molar-refractivity contribution >= 4 is 44.6 Å². The summed E-state index contributed by atoms with van der Waals surface area (Å²) in [5, 5.41) is 2.36. The molecule has 0 amide bonds. The van der Waals surface area contributed by atoms with E-state index in [0.29, 0.717) is 6.67 Å². The summed E-state index contributed by atoms with van der Waals surface area (Å²) in [5.41, 5.74) is 9.50. The molecular weight excluding hydrogens is 601 g/mol. The number of aromatic nitrogens is 2. The lowest BCUT2D eigenvalue weighted by atomic mass is 9.87. The normalized spacial score (nSPS) is 13.3. The van der Waals surface area contributed by atoms with Crippen molar-refractivity contribution in [2.75, 3.05) is 16.5 Å². The molecule has 0 bridgehead atoms. The standard InChI is InChI=1S/C44H42N4O/c1-43(2,3)30-13-11-14-32(25-30)46-29-47(40-20-10-9-19-39(40)46)33-15-12-16-34(27-33)49-35-21-22-37-36-17-7-8-18-38(36)48(41(37)28-35)42-26-31(23-24-45-42)44(4,5)6/h7-28H,29H2,1-6H3. The van der Waals surface area contributed by atoms with Crippen LogP contribution in [0.3, 0.4) is 0 Å². The molecule has 7 aromatic rings. The summed E-state index contributed by atoms with van der Waals surface area (Å²) >= 11 is 0. The number of hydrogen-bond donors (Lipinski definition) is 0. The van der Waals surface area contributed by atoms with Crippen molar-refractivity contribution in [3.05, 3.63) is 145 Å². The highest BCUT2D eigenvalue weighted by atomic mass is 16.5. The smallest absolute Gasteiger partial charge is 0.137 e. The third-order valence-corrected chi connectivity index (χ3v) is 9.62. The monoisotopic (exact) mass is 642 g/mol. The number of hydrogen-bond acceptors (Lipinski definition) is 4. The van der Waals surface area contributed by atoms with Gasteiger partial charge < -0.3 is 14.5 Å². The Morgan fingerprint density at radius 2 is 1.14 bits per heavy atom. The topological polar surface area (TPSA) is 33.5 Å². The fraction of sp³-hybridized carbons (Fsp3) is 0.205. The average Bonchev–Trinajstić information content (AvgIpc) is 3.64. The lowest BCUT2D eigenvalue weighted by Crippen LogP contribution is -2.24. The van der Waals surface area contributed by atoms with Crippen molar-refractivity contribution in [2.45, 2.75) is 52.4 Å². The Morgan fingerprint density at radius 1 is 0.531 bits per heavy atom. The third kappa shape index (κ3) is 5.59. The molecule has 3 heterocycles. The fourth-order valence-corrected chi connectivity index (χ4v) is 6.92. The number of fused-ring (bicyclic) bond motifs is 4. The van der Waals surface area contributed by atoms with E-state index in [0.717, 1.165) is 34.0 Å². The van der Waals surface area contributed by atoms with Gasteiger partial charge in [-0.2, -0.15) is 0 Å². The van der Waals surface area contributed by atoms with Gasteiger partial charge in [0, 0.05) is 40.5 Å². The van der Waals surface area contributed by atoms with Crippen LogP contribution in [0.15, 0.2) is 134 Å². The van der Waals surface area contributed by atoms with Crippen LogP contribution in [-0.4, -0.2) is 16.2 Å². The number of anilines is 4. The van der Waals surface area contributed by atoms with E-state index in [-0.39, 0.29) is 10.8 Å². The number of benzene rings is 5. The van der Waals surface area contributed by atoms with E-state index in [1.807, 2.05) is 12.3 Å². The molecule has 0 N–H and O–H groups in total. The zero-order valence-corrected chi connectivity index (χ0v) is 29.1. The van der Waals surface area contributed by atoms with Crippen LogP contribution in [-0.2, 0) is 10.8 Å². The Hall–Kier alpha value is -5.55. The summed E-state index contributed by atoms with van der Waals surface area (Å²) in [7, 11) is 0. The Labute approximate surface area is 289 Å². The van der Waals surface area contributed by atoms with E-state index in [4.69, 9.17) is 9.72 Å². The van der Waals surface area contributed by atoms with Crippen LogP contribution in [0.4, 0.5) is 22.7 Å². The van der Waals surface area contributed by atoms with Gasteiger partial charge in [0.15, 0.2) is 0 Å². The molecule has 2 aromatic heterocycles. The molecule has 244 valence electrons. The van der Waals surface area contributed by atoms with Crippen molar-refractivity contribution in [3.8, 4) is 17.3 Å². The molecule has 0 unspecified atom stereocenters. The highest BCUT2D eigenvalue weighted by Gasteiger charge is 2.29. The van der Waals surface area contributed by atoms with E-state index in [1.165, 1.54) is 39.0 Å². The van der Waals surface area contributed by atoms with Crippen LogP contribution in [0.25, 0.3) is 27.6 Å². The molecule has 5 aromatic carbocycles. The van der Waals surface area contributed by atoms with Gasteiger partial charge in [0.05, 0.1) is 22.4 Å². The minimum absolute atomic E-state index is 0.0130. The van der Waals surface area contributed by atoms with E-state index < -0.39 is 0 Å². The minimum Gasteiger partial charge on any atom is -0.457 e. The molecular formula is C44H42N4O. The Bertz CT molecular complexity index is 2340. The number of para-hydroxylation sites is 3. The predicted molar refractivity (Wildman–Crippen MR) is 205 cm³/mol. The lowest BCUT2D eigenvalue weighted by molar-refractivity contribution is 0.483. The van der Waals surface area contributed by atoms with Crippen LogP contribution in [0.1, 0.15) is 52.7 Å². The number of nitrogens with zero attached hydrogens (tertiary/aromatic N) is 4.